The summed E-state index contributed by atoms with van der Waals surface area (Å²) in [6.45, 7) is 0. The molecule has 3 nitrogen and oxygen atoms in total. The third-order valence-corrected chi connectivity index (χ3v) is 4.63. The number of nitrogens with one attached hydrogen (secondary N) is 1. The number of aromatic amines is 1. The molecule has 3 rings (SSSR count). The summed E-state index contributed by atoms with van der Waals surface area (Å²) in [5, 5.41) is 8.85. The molecule has 0 aromatic carbocycles. The minimum Gasteiger partial charge on any atom is -0.262 e. The van der Waals surface area contributed by atoms with E-state index in [1.54, 1.807) is 0 Å². The van der Waals surface area contributed by atoms with Crippen molar-refractivity contribution in [3.8, 4) is 10.7 Å². The van der Waals surface area contributed by atoms with Crippen LogP contribution in [0.4, 0.5) is 13.2 Å². The number of halogens is 3. The van der Waals surface area contributed by atoms with E-state index >= 15 is 0 Å². The molecule has 2 heterocycles. The van der Waals surface area contributed by atoms with Gasteiger partial charge in [0, 0.05) is 5.92 Å². The number of hydrogen-bond donors (Lipinski definition) is 1. The second-order valence-electron chi connectivity index (χ2n) is 5.12. The zero-order valence-electron chi connectivity index (χ0n) is 10.7. The van der Waals surface area contributed by atoms with E-state index in [0.29, 0.717) is 18.1 Å². The predicted molar refractivity (Wildman–Crippen MR) is 70.4 cm³/mol. The van der Waals surface area contributed by atoms with E-state index in [1.807, 2.05) is 17.5 Å². The molecule has 1 aliphatic rings. The first-order valence-electron chi connectivity index (χ1n) is 6.57. The minimum atomic E-state index is -4.10. The average molecular weight is 301 g/mol. The summed E-state index contributed by atoms with van der Waals surface area (Å²) in [7, 11) is 0. The highest BCUT2D eigenvalue weighted by atomic mass is 32.1. The molecule has 108 valence electrons. The molecule has 0 spiro atoms. The van der Waals surface area contributed by atoms with Crippen LogP contribution in [-0.2, 0) is 0 Å². The Balaban J connectivity index is 1.76. The largest absolute Gasteiger partial charge is 0.391 e. The van der Waals surface area contributed by atoms with Gasteiger partial charge < -0.3 is 0 Å². The number of thiophene rings is 1. The Morgan fingerprint density at radius 3 is 2.85 bits per heavy atom. The molecule has 2 aromatic heterocycles. The molecule has 0 aliphatic heterocycles. The Labute approximate surface area is 118 Å². The first-order chi connectivity index (χ1) is 9.54. The smallest absolute Gasteiger partial charge is 0.262 e. The summed E-state index contributed by atoms with van der Waals surface area (Å²) in [6, 6.07) is 3.80. The van der Waals surface area contributed by atoms with Crippen LogP contribution in [0.3, 0.4) is 0 Å². The highest BCUT2D eigenvalue weighted by Gasteiger charge is 2.43. The van der Waals surface area contributed by atoms with Gasteiger partial charge in [0.2, 0.25) is 0 Å². The van der Waals surface area contributed by atoms with Crippen LogP contribution >= 0.6 is 11.3 Å². The van der Waals surface area contributed by atoms with Crippen molar-refractivity contribution in [1.29, 1.82) is 0 Å². The summed E-state index contributed by atoms with van der Waals surface area (Å²) in [6.07, 6.45) is -2.43. The van der Waals surface area contributed by atoms with Gasteiger partial charge in [0.1, 0.15) is 5.82 Å². The molecule has 0 saturated heterocycles. The second kappa shape index (κ2) is 5.20. The SMILES string of the molecule is FC(F)(F)C1CCCC(c2nc(-c3cccs3)n[nH]2)C1. The van der Waals surface area contributed by atoms with Crippen molar-refractivity contribution in [3.63, 3.8) is 0 Å². The predicted octanol–water partition coefficient (Wildman–Crippen LogP) is 4.37. The van der Waals surface area contributed by atoms with Gasteiger partial charge in [0.15, 0.2) is 5.82 Å². The van der Waals surface area contributed by atoms with E-state index in [4.69, 9.17) is 0 Å². The van der Waals surface area contributed by atoms with Crippen molar-refractivity contribution >= 4 is 11.3 Å². The van der Waals surface area contributed by atoms with E-state index in [2.05, 4.69) is 15.2 Å². The second-order valence-corrected chi connectivity index (χ2v) is 6.07. The molecule has 2 unspecified atom stereocenters. The standard InChI is InChI=1S/C13H14F3N3S/c14-13(15,16)9-4-1-3-8(7-9)11-17-12(19-18-11)10-5-2-6-20-10/h2,5-6,8-9H,1,3-4,7H2,(H,17,18,19). The first-order valence-corrected chi connectivity index (χ1v) is 7.45. The zero-order valence-corrected chi connectivity index (χ0v) is 11.5. The lowest BCUT2D eigenvalue weighted by molar-refractivity contribution is -0.183. The number of hydrogen-bond acceptors (Lipinski definition) is 3. The van der Waals surface area contributed by atoms with Crippen LogP contribution < -0.4 is 0 Å². The lowest BCUT2D eigenvalue weighted by atomic mass is 9.80. The van der Waals surface area contributed by atoms with Crippen LogP contribution in [-0.4, -0.2) is 21.4 Å². The topological polar surface area (TPSA) is 41.6 Å². The maximum absolute atomic E-state index is 12.8. The maximum Gasteiger partial charge on any atom is 0.391 e. The average Bonchev–Trinajstić information content (AvgIpc) is 3.09. The number of H-pyrrole nitrogens is 1. The fourth-order valence-electron chi connectivity index (χ4n) is 2.71. The van der Waals surface area contributed by atoms with Gasteiger partial charge in [-0.3, -0.25) is 5.10 Å². The normalized spacial score (nSPS) is 23.9. The van der Waals surface area contributed by atoms with Crippen molar-refractivity contribution < 1.29 is 13.2 Å². The summed E-state index contributed by atoms with van der Waals surface area (Å²) in [5.74, 6) is -0.223. The van der Waals surface area contributed by atoms with Gasteiger partial charge in [-0.2, -0.15) is 18.3 Å². The highest BCUT2D eigenvalue weighted by molar-refractivity contribution is 7.13. The van der Waals surface area contributed by atoms with Crippen molar-refractivity contribution in [2.75, 3.05) is 0 Å². The molecule has 0 amide bonds. The lowest BCUT2D eigenvalue weighted by Gasteiger charge is -2.29. The third kappa shape index (κ3) is 2.72. The minimum absolute atomic E-state index is 0.114. The van der Waals surface area contributed by atoms with E-state index < -0.39 is 12.1 Å². The molecule has 7 heteroatoms. The molecule has 20 heavy (non-hydrogen) atoms. The Hall–Kier alpha value is -1.37. The Kier molecular flexibility index (Phi) is 3.54. The van der Waals surface area contributed by atoms with Gasteiger partial charge in [0.25, 0.3) is 0 Å². The van der Waals surface area contributed by atoms with Gasteiger partial charge in [-0.25, -0.2) is 4.98 Å². The van der Waals surface area contributed by atoms with Crippen molar-refractivity contribution in [2.24, 2.45) is 5.92 Å². The Bertz CT molecular complexity index is 562. The summed E-state index contributed by atoms with van der Waals surface area (Å²) in [4.78, 5) is 5.30. The van der Waals surface area contributed by atoms with E-state index in [1.165, 1.54) is 11.3 Å². The van der Waals surface area contributed by atoms with Crippen molar-refractivity contribution in [1.82, 2.24) is 15.2 Å². The van der Waals surface area contributed by atoms with Crippen molar-refractivity contribution in [3.05, 3.63) is 23.3 Å². The van der Waals surface area contributed by atoms with Crippen LogP contribution in [0.2, 0.25) is 0 Å². The van der Waals surface area contributed by atoms with Gasteiger partial charge >= 0.3 is 6.18 Å². The number of aromatic nitrogens is 3. The lowest BCUT2D eigenvalue weighted by Crippen LogP contribution is -2.28. The number of alkyl halides is 3. The van der Waals surface area contributed by atoms with Gasteiger partial charge in [0.05, 0.1) is 10.8 Å². The molecule has 1 aliphatic carbocycles. The quantitative estimate of drug-likeness (QED) is 0.895. The molecule has 0 bridgehead atoms. The van der Waals surface area contributed by atoms with Crippen LogP contribution in [0, 0.1) is 5.92 Å². The van der Waals surface area contributed by atoms with Crippen LogP contribution in [0.25, 0.3) is 10.7 Å². The fourth-order valence-corrected chi connectivity index (χ4v) is 3.37. The third-order valence-electron chi connectivity index (χ3n) is 3.77. The van der Waals surface area contributed by atoms with Crippen LogP contribution in [0.5, 0.6) is 0 Å². The molecule has 1 fully saturated rings. The van der Waals surface area contributed by atoms with E-state index in [-0.39, 0.29) is 18.8 Å². The van der Waals surface area contributed by atoms with Gasteiger partial charge in [-0.05, 0) is 30.7 Å². The first kappa shape index (κ1) is 13.6. The van der Waals surface area contributed by atoms with Crippen molar-refractivity contribution in [2.45, 2.75) is 37.8 Å². The zero-order chi connectivity index (χ0) is 14.2. The van der Waals surface area contributed by atoms with Gasteiger partial charge in [-0.1, -0.05) is 12.5 Å². The summed E-state index contributed by atoms with van der Waals surface area (Å²) < 4.78 is 38.4. The fraction of sp³-hybridized carbons (Fsp3) is 0.538. The Morgan fingerprint density at radius 1 is 1.30 bits per heavy atom. The monoisotopic (exact) mass is 301 g/mol. The highest BCUT2D eigenvalue weighted by Crippen LogP contribution is 2.43. The maximum atomic E-state index is 12.8. The molecule has 0 radical (unpaired) electrons. The summed E-state index contributed by atoms with van der Waals surface area (Å²) in [5.41, 5.74) is 0. The molecule has 2 atom stereocenters. The molecule has 1 saturated carbocycles. The Morgan fingerprint density at radius 2 is 2.15 bits per heavy atom. The molecular formula is C13H14F3N3S. The van der Waals surface area contributed by atoms with E-state index in [0.717, 1.165) is 11.3 Å². The van der Waals surface area contributed by atoms with Crippen LogP contribution in [0.15, 0.2) is 17.5 Å². The number of nitrogens with zero attached hydrogens (tertiary/aromatic N) is 2. The van der Waals surface area contributed by atoms with Crippen LogP contribution in [0.1, 0.15) is 37.4 Å². The number of rotatable bonds is 2. The summed E-state index contributed by atoms with van der Waals surface area (Å²) >= 11 is 1.52. The van der Waals surface area contributed by atoms with Gasteiger partial charge in [-0.15, -0.1) is 11.3 Å². The molecule has 1 N–H and O–H groups in total. The molecule has 2 aromatic rings. The molecular weight excluding hydrogens is 287 g/mol. The van der Waals surface area contributed by atoms with E-state index in [9.17, 15) is 13.2 Å².